The SMILES string of the molecule is Cc1cc(C)c(NC(=O)CNC(=O)c2oc3c(C)cccc3c2C)c(C)c1. The van der Waals surface area contributed by atoms with Crippen molar-refractivity contribution in [1.82, 2.24) is 5.32 Å². The highest BCUT2D eigenvalue weighted by Gasteiger charge is 2.19. The Hall–Kier alpha value is -3.08. The predicted octanol–water partition coefficient (Wildman–Crippen LogP) is 4.34. The summed E-state index contributed by atoms with van der Waals surface area (Å²) in [5.74, 6) is -0.422. The molecule has 0 saturated heterocycles. The van der Waals surface area contributed by atoms with Gasteiger partial charge < -0.3 is 15.1 Å². The van der Waals surface area contributed by atoms with E-state index in [0.717, 1.165) is 38.9 Å². The molecule has 1 heterocycles. The van der Waals surface area contributed by atoms with Crippen molar-refractivity contribution >= 4 is 28.5 Å². The lowest BCUT2D eigenvalue weighted by Gasteiger charge is -2.13. The average molecular weight is 364 g/mol. The molecule has 0 spiro atoms. The van der Waals surface area contributed by atoms with Crippen molar-refractivity contribution in [2.45, 2.75) is 34.6 Å². The average Bonchev–Trinajstić information content (AvgIpc) is 2.94. The lowest BCUT2D eigenvalue weighted by molar-refractivity contribution is -0.115. The number of carbonyl (C=O) groups is 2. The van der Waals surface area contributed by atoms with Crippen molar-refractivity contribution in [3.63, 3.8) is 0 Å². The third kappa shape index (κ3) is 3.72. The molecule has 0 saturated carbocycles. The molecule has 3 rings (SSSR count). The van der Waals surface area contributed by atoms with Crippen LogP contribution in [0.1, 0.15) is 38.4 Å². The number of aryl methyl sites for hydroxylation is 5. The number of fused-ring (bicyclic) bond motifs is 1. The quantitative estimate of drug-likeness (QED) is 0.723. The highest BCUT2D eigenvalue weighted by atomic mass is 16.3. The highest BCUT2D eigenvalue weighted by molar-refractivity contribution is 6.02. The van der Waals surface area contributed by atoms with Gasteiger partial charge in [-0.1, -0.05) is 35.9 Å². The first-order valence-electron chi connectivity index (χ1n) is 8.92. The van der Waals surface area contributed by atoms with Gasteiger partial charge in [0, 0.05) is 16.6 Å². The van der Waals surface area contributed by atoms with E-state index in [2.05, 4.69) is 10.6 Å². The van der Waals surface area contributed by atoms with Gasteiger partial charge >= 0.3 is 0 Å². The summed E-state index contributed by atoms with van der Waals surface area (Å²) in [5, 5.41) is 6.44. The van der Waals surface area contributed by atoms with Crippen LogP contribution in [-0.2, 0) is 4.79 Å². The number of para-hydroxylation sites is 1. The van der Waals surface area contributed by atoms with Crippen LogP contribution in [0.2, 0.25) is 0 Å². The Labute approximate surface area is 158 Å². The monoisotopic (exact) mass is 364 g/mol. The maximum atomic E-state index is 12.5. The van der Waals surface area contributed by atoms with Gasteiger partial charge in [0.25, 0.3) is 5.91 Å². The Kier molecular flexibility index (Phi) is 5.04. The van der Waals surface area contributed by atoms with Gasteiger partial charge in [0.2, 0.25) is 5.91 Å². The molecule has 0 aliphatic rings. The summed E-state index contributed by atoms with van der Waals surface area (Å²) in [6.45, 7) is 9.58. The summed E-state index contributed by atoms with van der Waals surface area (Å²) in [4.78, 5) is 24.8. The van der Waals surface area contributed by atoms with E-state index in [1.165, 1.54) is 0 Å². The third-order valence-electron chi connectivity index (χ3n) is 4.72. The van der Waals surface area contributed by atoms with E-state index >= 15 is 0 Å². The van der Waals surface area contributed by atoms with Gasteiger partial charge in [0.15, 0.2) is 5.76 Å². The lowest BCUT2D eigenvalue weighted by Crippen LogP contribution is -2.33. The maximum Gasteiger partial charge on any atom is 0.287 e. The van der Waals surface area contributed by atoms with Crippen molar-refractivity contribution in [2.75, 3.05) is 11.9 Å². The molecule has 3 aromatic rings. The molecular formula is C22H24N2O3. The standard InChI is InChI=1S/C22H24N2O3/c1-12-9-14(3)19(15(4)10-12)24-18(25)11-23-22(26)21-16(5)17-8-6-7-13(2)20(17)27-21/h6-10H,11H2,1-5H3,(H,23,26)(H,24,25). The Morgan fingerprint density at radius 2 is 1.63 bits per heavy atom. The van der Waals surface area contributed by atoms with E-state index in [1.807, 2.05) is 65.0 Å². The molecule has 0 aliphatic heterocycles. The molecule has 140 valence electrons. The third-order valence-corrected chi connectivity index (χ3v) is 4.72. The van der Waals surface area contributed by atoms with E-state index < -0.39 is 5.91 Å². The van der Waals surface area contributed by atoms with Crippen LogP contribution >= 0.6 is 0 Å². The fraction of sp³-hybridized carbons (Fsp3) is 0.273. The molecule has 0 radical (unpaired) electrons. The lowest BCUT2D eigenvalue weighted by atomic mass is 10.1. The van der Waals surface area contributed by atoms with Crippen LogP contribution in [0.15, 0.2) is 34.7 Å². The second-order valence-corrected chi connectivity index (χ2v) is 7.01. The van der Waals surface area contributed by atoms with Gasteiger partial charge in [-0.2, -0.15) is 0 Å². The number of amides is 2. The van der Waals surface area contributed by atoms with Crippen molar-refractivity contribution in [3.05, 3.63) is 63.9 Å². The van der Waals surface area contributed by atoms with E-state index in [-0.39, 0.29) is 18.2 Å². The van der Waals surface area contributed by atoms with Gasteiger partial charge in [-0.25, -0.2) is 0 Å². The summed E-state index contributed by atoms with van der Waals surface area (Å²) < 4.78 is 5.75. The van der Waals surface area contributed by atoms with E-state index in [1.54, 1.807) is 0 Å². The molecule has 0 aliphatic carbocycles. The number of carbonyl (C=O) groups excluding carboxylic acids is 2. The summed E-state index contributed by atoms with van der Waals surface area (Å²) in [5.41, 5.74) is 6.37. The van der Waals surface area contributed by atoms with Crippen LogP contribution in [0.4, 0.5) is 5.69 Å². The molecule has 1 aromatic heterocycles. The molecule has 0 unspecified atom stereocenters. The first-order chi connectivity index (χ1) is 12.8. The van der Waals surface area contributed by atoms with Crippen LogP contribution in [0, 0.1) is 34.6 Å². The molecule has 0 atom stereocenters. The van der Waals surface area contributed by atoms with Crippen molar-refractivity contribution in [3.8, 4) is 0 Å². The smallest absolute Gasteiger partial charge is 0.287 e. The summed E-state index contributed by atoms with van der Waals surface area (Å²) in [6, 6.07) is 9.82. The molecule has 5 heteroatoms. The van der Waals surface area contributed by atoms with Crippen molar-refractivity contribution in [2.24, 2.45) is 0 Å². The van der Waals surface area contributed by atoms with Gasteiger partial charge in [-0.3, -0.25) is 9.59 Å². The second kappa shape index (κ2) is 7.27. The van der Waals surface area contributed by atoms with Crippen molar-refractivity contribution in [1.29, 1.82) is 0 Å². The van der Waals surface area contributed by atoms with E-state index in [0.29, 0.717) is 5.58 Å². The molecule has 27 heavy (non-hydrogen) atoms. The highest BCUT2D eigenvalue weighted by Crippen LogP contribution is 2.27. The predicted molar refractivity (Wildman–Crippen MR) is 107 cm³/mol. The Morgan fingerprint density at radius 3 is 2.26 bits per heavy atom. The van der Waals surface area contributed by atoms with Crippen LogP contribution in [0.3, 0.4) is 0 Å². The minimum Gasteiger partial charge on any atom is -0.450 e. The maximum absolute atomic E-state index is 12.5. The number of benzene rings is 2. The van der Waals surface area contributed by atoms with Crippen LogP contribution in [0.25, 0.3) is 11.0 Å². The first-order valence-corrected chi connectivity index (χ1v) is 8.92. The Bertz CT molecular complexity index is 1020. The van der Waals surface area contributed by atoms with Gasteiger partial charge in [0.05, 0.1) is 6.54 Å². The normalized spacial score (nSPS) is 10.9. The number of hydrogen-bond donors (Lipinski definition) is 2. The zero-order chi connectivity index (χ0) is 19.7. The van der Waals surface area contributed by atoms with Crippen molar-refractivity contribution < 1.29 is 14.0 Å². The molecule has 0 fully saturated rings. The summed E-state index contributed by atoms with van der Waals surface area (Å²) >= 11 is 0. The topological polar surface area (TPSA) is 71.3 Å². The zero-order valence-corrected chi connectivity index (χ0v) is 16.3. The number of rotatable bonds is 4. The number of hydrogen-bond acceptors (Lipinski definition) is 3. The van der Waals surface area contributed by atoms with Crippen LogP contribution in [0.5, 0.6) is 0 Å². The molecule has 0 bridgehead atoms. The molecule has 2 aromatic carbocycles. The number of furan rings is 1. The number of nitrogens with one attached hydrogen (secondary N) is 2. The minimum atomic E-state index is -0.393. The van der Waals surface area contributed by atoms with Gasteiger partial charge in [-0.15, -0.1) is 0 Å². The fourth-order valence-corrected chi connectivity index (χ4v) is 3.40. The second-order valence-electron chi connectivity index (χ2n) is 7.01. The number of anilines is 1. The minimum absolute atomic E-state index is 0.124. The largest absolute Gasteiger partial charge is 0.450 e. The zero-order valence-electron chi connectivity index (χ0n) is 16.3. The fourth-order valence-electron chi connectivity index (χ4n) is 3.40. The Morgan fingerprint density at radius 1 is 0.963 bits per heavy atom. The molecule has 2 N–H and O–H groups in total. The molecule has 5 nitrogen and oxygen atoms in total. The van der Waals surface area contributed by atoms with E-state index in [9.17, 15) is 9.59 Å². The van der Waals surface area contributed by atoms with Gasteiger partial charge in [-0.05, 0) is 51.3 Å². The van der Waals surface area contributed by atoms with E-state index in [4.69, 9.17) is 4.42 Å². The van der Waals surface area contributed by atoms with Crippen LogP contribution in [-0.4, -0.2) is 18.4 Å². The first kappa shape index (κ1) is 18.7. The summed E-state index contributed by atoms with van der Waals surface area (Å²) in [6.07, 6.45) is 0. The van der Waals surface area contributed by atoms with Crippen LogP contribution < -0.4 is 10.6 Å². The van der Waals surface area contributed by atoms with Gasteiger partial charge in [0.1, 0.15) is 5.58 Å². The summed E-state index contributed by atoms with van der Waals surface area (Å²) in [7, 11) is 0. The molecular weight excluding hydrogens is 340 g/mol. The Balaban J connectivity index is 1.70. The molecule has 2 amide bonds.